The van der Waals surface area contributed by atoms with E-state index >= 15 is 0 Å². The molecular formula is C8H8BrFN2S. The highest BCUT2D eigenvalue weighted by atomic mass is 79.9. The number of amidine groups is 1. The van der Waals surface area contributed by atoms with Crippen LogP contribution in [0, 0.1) is 11.2 Å². The third kappa shape index (κ3) is 2.03. The van der Waals surface area contributed by atoms with Gasteiger partial charge in [0, 0.05) is 10.5 Å². The Balaban J connectivity index is 3.31. The third-order valence-corrected chi connectivity index (χ3v) is 3.09. The van der Waals surface area contributed by atoms with Crippen molar-refractivity contribution in [1.82, 2.24) is 0 Å². The van der Waals surface area contributed by atoms with E-state index in [1.54, 1.807) is 18.4 Å². The van der Waals surface area contributed by atoms with Crippen LogP contribution in [0.1, 0.15) is 5.56 Å². The maximum atomic E-state index is 13.4. The van der Waals surface area contributed by atoms with E-state index in [0.717, 1.165) is 0 Å². The summed E-state index contributed by atoms with van der Waals surface area (Å²) in [6.45, 7) is 0. The lowest BCUT2D eigenvalue weighted by Crippen LogP contribution is -2.12. The first kappa shape index (κ1) is 10.5. The molecule has 0 aromatic heterocycles. The first-order valence-corrected chi connectivity index (χ1v) is 5.46. The minimum Gasteiger partial charge on any atom is -0.384 e. The zero-order chi connectivity index (χ0) is 10.0. The molecule has 2 nitrogen and oxygen atoms in total. The van der Waals surface area contributed by atoms with Gasteiger partial charge in [-0.25, -0.2) is 4.39 Å². The van der Waals surface area contributed by atoms with Gasteiger partial charge >= 0.3 is 0 Å². The molecule has 0 heterocycles. The fourth-order valence-corrected chi connectivity index (χ4v) is 2.07. The van der Waals surface area contributed by atoms with Crippen LogP contribution in [0.2, 0.25) is 0 Å². The van der Waals surface area contributed by atoms with E-state index in [1.807, 2.05) is 0 Å². The molecule has 1 aromatic rings. The Bertz CT molecular complexity index is 354. The van der Waals surface area contributed by atoms with Gasteiger partial charge in [-0.3, -0.25) is 5.41 Å². The van der Waals surface area contributed by atoms with Gasteiger partial charge in [-0.1, -0.05) is 0 Å². The summed E-state index contributed by atoms with van der Waals surface area (Å²) in [6, 6.07) is 3.24. The lowest BCUT2D eigenvalue weighted by molar-refractivity contribution is 0.595. The Labute approximate surface area is 88.3 Å². The molecule has 0 bridgehead atoms. The van der Waals surface area contributed by atoms with Crippen molar-refractivity contribution in [2.75, 3.05) is 6.26 Å². The molecule has 3 N–H and O–H groups in total. The number of nitrogens with one attached hydrogen (secondary N) is 1. The first-order chi connectivity index (χ1) is 6.07. The number of hydrogen-bond acceptors (Lipinski definition) is 2. The second-order valence-electron chi connectivity index (χ2n) is 2.36. The molecule has 1 rings (SSSR count). The number of hydrogen-bond donors (Lipinski definition) is 2. The molecule has 0 spiro atoms. The number of nitrogen functional groups attached to an aromatic ring is 1. The van der Waals surface area contributed by atoms with Crippen molar-refractivity contribution in [3.63, 3.8) is 0 Å². The van der Waals surface area contributed by atoms with Crippen LogP contribution in [0.5, 0.6) is 0 Å². The molecule has 1 aromatic carbocycles. The molecule has 0 aliphatic carbocycles. The molecule has 0 amide bonds. The average Bonchev–Trinajstić information content (AvgIpc) is 2.09. The fraction of sp³-hybridized carbons (Fsp3) is 0.125. The summed E-state index contributed by atoms with van der Waals surface area (Å²) in [4.78, 5) is 0.539. The van der Waals surface area contributed by atoms with Gasteiger partial charge in [-0.15, -0.1) is 11.8 Å². The minimum atomic E-state index is -0.361. The molecule has 0 saturated carbocycles. The summed E-state index contributed by atoms with van der Waals surface area (Å²) in [7, 11) is 0. The quantitative estimate of drug-likeness (QED) is 0.489. The summed E-state index contributed by atoms with van der Waals surface area (Å²) in [5, 5.41) is 7.17. The Morgan fingerprint density at radius 3 is 2.69 bits per heavy atom. The van der Waals surface area contributed by atoms with Gasteiger partial charge < -0.3 is 5.73 Å². The number of thioether (sulfide) groups is 1. The Morgan fingerprint density at radius 1 is 1.62 bits per heavy atom. The van der Waals surface area contributed by atoms with Gasteiger partial charge in [0.15, 0.2) is 5.82 Å². The van der Waals surface area contributed by atoms with E-state index in [0.29, 0.717) is 10.5 Å². The van der Waals surface area contributed by atoms with Crippen molar-refractivity contribution in [2.24, 2.45) is 5.73 Å². The maximum absolute atomic E-state index is 13.4. The highest BCUT2D eigenvalue weighted by Crippen LogP contribution is 2.28. The van der Waals surface area contributed by atoms with E-state index in [9.17, 15) is 4.39 Å². The van der Waals surface area contributed by atoms with Gasteiger partial charge in [0.1, 0.15) is 5.84 Å². The van der Waals surface area contributed by atoms with E-state index in [4.69, 9.17) is 11.1 Å². The highest BCUT2D eigenvalue weighted by Gasteiger charge is 2.11. The molecule has 5 heteroatoms. The summed E-state index contributed by atoms with van der Waals surface area (Å²) in [6.07, 6.45) is 1.79. The second-order valence-corrected chi connectivity index (χ2v) is 4.00. The minimum absolute atomic E-state index is 0.140. The summed E-state index contributed by atoms with van der Waals surface area (Å²) >= 11 is 4.38. The monoisotopic (exact) mass is 262 g/mol. The van der Waals surface area contributed by atoms with Crippen molar-refractivity contribution in [3.05, 3.63) is 28.0 Å². The fourth-order valence-electron chi connectivity index (χ4n) is 0.897. The van der Waals surface area contributed by atoms with Crippen molar-refractivity contribution in [1.29, 1.82) is 5.41 Å². The van der Waals surface area contributed by atoms with Crippen LogP contribution >= 0.6 is 27.7 Å². The molecule has 0 unspecified atom stereocenters. The zero-order valence-corrected chi connectivity index (χ0v) is 9.30. The van der Waals surface area contributed by atoms with Crippen LogP contribution in [0.25, 0.3) is 0 Å². The van der Waals surface area contributed by atoms with Gasteiger partial charge in [-0.05, 0) is 34.3 Å². The first-order valence-electron chi connectivity index (χ1n) is 3.44. The summed E-state index contributed by atoms with van der Waals surface area (Å²) in [5.74, 6) is -0.501. The Kier molecular flexibility index (Phi) is 3.33. The summed E-state index contributed by atoms with van der Waals surface area (Å²) in [5.41, 5.74) is 5.64. The van der Waals surface area contributed by atoms with Crippen LogP contribution in [0.3, 0.4) is 0 Å². The predicted octanol–water partition coefficient (Wildman–Crippen LogP) is 2.59. The van der Waals surface area contributed by atoms with E-state index < -0.39 is 0 Å². The molecule has 70 valence electrons. The molecule has 0 atom stereocenters. The molecule has 0 saturated heterocycles. The molecule has 0 fully saturated rings. The maximum Gasteiger partial charge on any atom is 0.151 e. The number of halogens is 2. The van der Waals surface area contributed by atoms with Gasteiger partial charge in [0.05, 0.1) is 4.47 Å². The molecule has 0 radical (unpaired) electrons. The van der Waals surface area contributed by atoms with E-state index in [-0.39, 0.29) is 16.1 Å². The largest absolute Gasteiger partial charge is 0.384 e. The lowest BCUT2D eigenvalue weighted by Gasteiger charge is -2.06. The highest BCUT2D eigenvalue weighted by molar-refractivity contribution is 9.10. The molecule has 0 aliphatic rings. The lowest BCUT2D eigenvalue weighted by atomic mass is 10.2. The van der Waals surface area contributed by atoms with Crippen LogP contribution in [-0.4, -0.2) is 12.1 Å². The topological polar surface area (TPSA) is 49.9 Å². The predicted molar refractivity (Wildman–Crippen MR) is 56.9 cm³/mol. The summed E-state index contributed by atoms with van der Waals surface area (Å²) < 4.78 is 13.7. The zero-order valence-electron chi connectivity index (χ0n) is 6.90. The Hall–Kier alpha value is -0.550. The van der Waals surface area contributed by atoms with Crippen molar-refractivity contribution in [2.45, 2.75) is 4.90 Å². The SMILES string of the molecule is CSc1ccc(C(=N)N)c(Br)c1F. The molecular weight excluding hydrogens is 255 g/mol. The smallest absolute Gasteiger partial charge is 0.151 e. The van der Waals surface area contributed by atoms with Crippen LogP contribution < -0.4 is 5.73 Å². The average molecular weight is 263 g/mol. The normalized spacial score (nSPS) is 10.1. The molecule has 0 aliphatic heterocycles. The number of benzene rings is 1. The van der Waals surface area contributed by atoms with Gasteiger partial charge in [-0.2, -0.15) is 0 Å². The van der Waals surface area contributed by atoms with E-state index in [1.165, 1.54) is 11.8 Å². The van der Waals surface area contributed by atoms with Crippen LogP contribution in [0.4, 0.5) is 4.39 Å². The van der Waals surface area contributed by atoms with Crippen LogP contribution in [0.15, 0.2) is 21.5 Å². The van der Waals surface area contributed by atoms with Crippen molar-refractivity contribution in [3.8, 4) is 0 Å². The van der Waals surface area contributed by atoms with E-state index in [2.05, 4.69) is 15.9 Å². The number of rotatable bonds is 2. The molecule has 13 heavy (non-hydrogen) atoms. The van der Waals surface area contributed by atoms with Gasteiger partial charge in [0.25, 0.3) is 0 Å². The third-order valence-electron chi connectivity index (χ3n) is 1.56. The van der Waals surface area contributed by atoms with Crippen molar-refractivity contribution >= 4 is 33.5 Å². The Morgan fingerprint density at radius 2 is 2.23 bits per heavy atom. The van der Waals surface area contributed by atoms with Crippen LogP contribution in [-0.2, 0) is 0 Å². The standard InChI is InChI=1S/C8H8BrFN2S/c1-13-5-3-2-4(8(11)12)6(9)7(5)10/h2-3H,1H3,(H3,11,12). The van der Waals surface area contributed by atoms with Gasteiger partial charge in [0.2, 0.25) is 0 Å². The van der Waals surface area contributed by atoms with Crippen molar-refractivity contribution < 1.29 is 4.39 Å². The number of nitrogens with two attached hydrogens (primary N) is 1. The second kappa shape index (κ2) is 4.11.